The maximum atomic E-state index is 12.2. The fourth-order valence-corrected chi connectivity index (χ4v) is 3.87. The fourth-order valence-electron chi connectivity index (χ4n) is 3.87. The van der Waals surface area contributed by atoms with Crippen LogP contribution in [0.3, 0.4) is 0 Å². The number of carbonyl (C=O) groups is 2. The summed E-state index contributed by atoms with van der Waals surface area (Å²) in [6.45, 7) is 6.59. The highest BCUT2D eigenvalue weighted by Crippen LogP contribution is 2.36. The van der Waals surface area contributed by atoms with Crippen molar-refractivity contribution in [1.82, 2.24) is 0 Å². The van der Waals surface area contributed by atoms with Crippen molar-refractivity contribution in [2.75, 3.05) is 13.2 Å². The van der Waals surface area contributed by atoms with Crippen molar-refractivity contribution in [3.8, 4) is 0 Å². The molecule has 6 heteroatoms. The maximum absolute atomic E-state index is 12.2. The summed E-state index contributed by atoms with van der Waals surface area (Å²) in [5, 5.41) is 18.4. The third kappa shape index (κ3) is 7.78. The molecule has 0 bridgehead atoms. The van der Waals surface area contributed by atoms with Crippen LogP contribution in [0, 0.1) is 5.92 Å². The number of esters is 2. The van der Waals surface area contributed by atoms with Gasteiger partial charge >= 0.3 is 11.9 Å². The first-order valence-electron chi connectivity index (χ1n) is 11.3. The monoisotopic (exact) mass is 432 g/mol. The van der Waals surface area contributed by atoms with E-state index in [1.807, 2.05) is 0 Å². The lowest BCUT2D eigenvalue weighted by molar-refractivity contribution is -0.161. The molecule has 0 radical (unpaired) electrons. The number of unbranched alkanes of at least 4 members (excludes halogenated alkanes) is 2. The minimum absolute atomic E-state index is 0.000929. The number of hydrogen-bond donors (Lipinski definition) is 2. The molecule has 1 aliphatic carbocycles. The first-order chi connectivity index (χ1) is 14.9. The van der Waals surface area contributed by atoms with E-state index in [0.717, 1.165) is 12.0 Å². The van der Waals surface area contributed by atoms with Crippen molar-refractivity contribution >= 4 is 11.9 Å². The van der Waals surface area contributed by atoms with Gasteiger partial charge in [-0.05, 0) is 49.7 Å². The van der Waals surface area contributed by atoms with E-state index >= 15 is 0 Å². The highest BCUT2D eigenvalue weighted by Gasteiger charge is 2.35. The second-order valence-electron chi connectivity index (χ2n) is 8.53. The molecule has 0 amide bonds. The number of hydrogen-bond acceptors (Lipinski definition) is 6. The van der Waals surface area contributed by atoms with Gasteiger partial charge in [0.1, 0.15) is 12.2 Å². The summed E-state index contributed by atoms with van der Waals surface area (Å²) in [6.07, 6.45) is 5.42. The number of rotatable bonds is 11. The van der Waals surface area contributed by atoms with Crippen LogP contribution in [-0.4, -0.2) is 47.6 Å². The lowest BCUT2D eigenvalue weighted by Crippen LogP contribution is -2.36. The third-order valence-electron chi connectivity index (χ3n) is 5.85. The van der Waals surface area contributed by atoms with Crippen LogP contribution in [0.5, 0.6) is 0 Å². The Bertz CT molecular complexity index is 726. The Kier molecular flexibility index (Phi) is 10.2. The smallest absolute Gasteiger partial charge is 0.336 e. The van der Waals surface area contributed by atoms with E-state index in [0.29, 0.717) is 19.3 Å². The molecule has 4 unspecified atom stereocenters. The highest BCUT2D eigenvalue weighted by molar-refractivity contribution is 5.88. The van der Waals surface area contributed by atoms with E-state index in [9.17, 15) is 14.7 Å². The molecule has 4 atom stereocenters. The zero-order valence-electron chi connectivity index (χ0n) is 18.7. The summed E-state index contributed by atoms with van der Waals surface area (Å²) in [5.74, 6) is -1.61. The number of benzene rings is 1. The summed E-state index contributed by atoms with van der Waals surface area (Å²) in [6, 6.07) is 8.50. The molecular weight excluding hydrogens is 396 g/mol. The molecule has 0 aliphatic heterocycles. The second kappa shape index (κ2) is 12.6. The number of ether oxygens (including phenoxy) is 2. The van der Waals surface area contributed by atoms with Crippen molar-refractivity contribution in [3.05, 3.63) is 47.5 Å². The van der Waals surface area contributed by atoms with E-state index in [2.05, 4.69) is 37.8 Å². The molecule has 1 saturated carbocycles. The Morgan fingerprint density at radius 1 is 1.06 bits per heavy atom. The predicted octanol–water partition coefficient (Wildman–Crippen LogP) is 3.69. The van der Waals surface area contributed by atoms with E-state index in [4.69, 9.17) is 14.6 Å². The van der Waals surface area contributed by atoms with Crippen LogP contribution in [-0.2, 0) is 25.5 Å². The minimum atomic E-state index is -0.631. The molecule has 2 rings (SSSR count). The molecule has 1 aromatic carbocycles. The molecule has 31 heavy (non-hydrogen) atoms. The lowest BCUT2D eigenvalue weighted by Gasteiger charge is -2.35. The summed E-state index contributed by atoms with van der Waals surface area (Å²) in [5.41, 5.74) is 2.42. The molecule has 1 fully saturated rings. The average Bonchev–Trinajstić information content (AvgIpc) is 2.78. The Balaban J connectivity index is 2.11. The van der Waals surface area contributed by atoms with Crippen LogP contribution in [0.25, 0.3) is 0 Å². The largest absolute Gasteiger partial charge is 0.462 e. The zero-order chi connectivity index (χ0) is 22.8. The highest BCUT2D eigenvalue weighted by atomic mass is 16.6. The van der Waals surface area contributed by atoms with Gasteiger partial charge in [0.2, 0.25) is 0 Å². The molecule has 1 aromatic rings. The van der Waals surface area contributed by atoms with Crippen LogP contribution in [0.4, 0.5) is 0 Å². The van der Waals surface area contributed by atoms with Gasteiger partial charge in [-0.3, -0.25) is 4.79 Å². The van der Waals surface area contributed by atoms with Crippen molar-refractivity contribution in [3.63, 3.8) is 0 Å². The summed E-state index contributed by atoms with van der Waals surface area (Å²) >= 11 is 0. The van der Waals surface area contributed by atoms with Crippen molar-refractivity contribution in [2.45, 2.75) is 76.9 Å². The van der Waals surface area contributed by atoms with Gasteiger partial charge < -0.3 is 19.7 Å². The van der Waals surface area contributed by atoms with Gasteiger partial charge in [0.15, 0.2) is 0 Å². The Morgan fingerprint density at radius 2 is 1.71 bits per heavy atom. The molecule has 2 N–H and O–H groups in total. The number of aryl methyl sites for hydroxylation is 1. The molecular formula is C25H36O6. The Hall–Kier alpha value is -2.18. The second-order valence-corrected chi connectivity index (χ2v) is 8.53. The van der Waals surface area contributed by atoms with Gasteiger partial charge in [-0.15, -0.1) is 0 Å². The lowest BCUT2D eigenvalue weighted by atomic mass is 9.80. The van der Waals surface area contributed by atoms with Crippen molar-refractivity contribution < 1.29 is 29.3 Å². The molecule has 0 heterocycles. The molecule has 0 spiro atoms. The normalized spacial score (nSPS) is 21.9. The van der Waals surface area contributed by atoms with Crippen LogP contribution in [0.1, 0.15) is 69.4 Å². The van der Waals surface area contributed by atoms with Gasteiger partial charge in [0.05, 0.1) is 24.7 Å². The van der Waals surface area contributed by atoms with Crippen LogP contribution < -0.4 is 0 Å². The SMILES string of the molecule is C=C(CO)C(=O)OC1CC(OC(=O)C(C)CO)CC(c2ccc(CCCCC)cc2)C1. The quantitative estimate of drug-likeness (QED) is 0.315. The van der Waals surface area contributed by atoms with Crippen molar-refractivity contribution in [2.24, 2.45) is 5.92 Å². The maximum Gasteiger partial charge on any atom is 0.336 e. The van der Waals surface area contributed by atoms with E-state index in [-0.39, 0.29) is 18.1 Å². The Morgan fingerprint density at radius 3 is 2.29 bits per heavy atom. The zero-order valence-corrected chi connectivity index (χ0v) is 18.7. The van der Waals surface area contributed by atoms with E-state index in [1.54, 1.807) is 6.92 Å². The summed E-state index contributed by atoms with van der Waals surface area (Å²) in [4.78, 5) is 24.3. The van der Waals surface area contributed by atoms with Gasteiger partial charge in [-0.2, -0.15) is 0 Å². The van der Waals surface area contributed by atoms with Crippen LogP contribution in [0.15, 0.2) is 36.4 Å². The molecule has 6 nitrogen and oxygen atoms in total. The molecule has 172 valence electrons. The molecule has 0 aromatic heterocycles. The van der Waals surface area contributed by atoms with Gasteiger partial charge in [0.25, 0.3) is 0 Å². The number of carbonyl (C=O) groups excluding carboxylic acids is 2. The minimum Gasteiger partial charge on any atom is -0.462 e. The van der Waals surface area contributed by atoms with E-state index < -0.39 is 36.7 Å². The summed E-state index contributed by atoms with van der Waals surface area (Å²) in [7, 11) is 0. The predicted molar refractivity (Wildman–Crippen MR) is 118 cm³/mol. The number of aliphatic hydroxyl groups is 2. The average molecular weight is 433 g/mol. The molecule has 1 aliphatic rings. The van der Waals surface area contributed by atoms with Crippen molar-refractivity contribution in [1.29, 1.82) is 0 Å². The third-order valence-corrected chi connectivity index (χ3v) is 5.85. The Labute approximate surface area is 185 Å². The van der Waals surface area contributed by atoms with Gasteiger partial charge in [0, 0.05) is 6.42 Å². The standard InChI is InChI=1S/C25H36O6/c1-4-5-6-7-19-8-10-20(11-9-19)21-12-22(30-24(28)17(2)15-26)14-23(13-21)31-25(29)18(3)16-27/h8-11,18,21-23,26-27H,2,4-7,12-16H2,1,3H3. The topological polar surface area (TPSA) is 93.1 Å². The first-order valence-corrected chi connectivity index (χ1v) is 11.3. The van der Waals surface area contributed by atoms with E-state index in [1.165, 1.54) is 24.8 Å². The fraction of sp³-hybridized carbons (Fsp3) is 0.600. The first kappa shape index (κ1) is 25.1. The van der Waals surface area contributed by atoms with Gasteiger partial charge in [-0.25, -0.2) is 4.79 Å². The van der Waals surface area contributed by atoms with Crippen LogP contribution in [0.2, 0.25) is 0 Å². The van der Waals surface area contributed by atoms with Gasteiger partial charge in [-0.1, -0.05) is 50.6 Å². The van der Waals surface area contributed by atoms with Crippen LogP contribution >= 0.6 is 0 Å². The number of aliphatic hydroxyl groups excluding tert-OH is 2. The molecule has 0 saturated heterocycles. The summed E-state index contributed by atoms with van der Waals surface area (Å²) < 4.78 is 11.2.